The van der Waals surface area contributed by atoms with Gasteiger partial charge in [0.15, 0.2) is 0 Å². The molecule has 1 heterocycles. The molecule has 1 amide bonds. The van der Waals surface area contributed by atoms with Crippen molar-refractivity contribution in [2.24, 2.45) is 0 Å². The predicted octanol–water partition coefficient (Wildman–Crippen LogP) is 2.14. The highest BCUT2D eigenvalue weighted by Crippen LogP contribution is 2.16. The molecule has 2 N–H and O–H groups in total. The van der Waals surface area contributed by atoms with Gasteiger partial charge in [-0.3, -0.25) is 4.79 Å². The normalized spacial score (nSPS) is 10.3. The average molecular weight is 265 g/mol. The monoisotopic (exact) mass is 265 g/mol. The van der Waals surface area contributed by atoms with Gasteiger partial charge in [-0.25, -0.2) is 9.37 Å². The summed E-state index contributed by atoms with van der Waals surface area (Å²) >= 11 is 1.46. The van der Waals surface area contributed by atoms with Crippen LogP contribution in [0.25, 0.3) is 0 Å². The third-order valence-electron chi connectivity index (χ3n) is 2.48. The van der Waals surface area contributed by atoms with Crippen molar-refractivity contribution < 1.29 is 9.18 Å². The molecule has 0 aliphatic heterocycles. The van der Waals surface area contributed by atoms with E-state index in [1.807, 2.05) is 5.38 Å². The number of hydrogen-bond donors (Lipinski definition) is 1. The zero-order valence-corrected chi connectivity index (χ0v) is 10.6. The van der Waals surface area contributed by atoms with Gasteiger partial charge in [0.1, 0.15) is 5.82 Å². The number of benzene rings is 1. The minimum absolute atomic E-state index is 0.174. The molecule has 0 saturated heterocycles. The number of nitrogen functional groups attached to an aromatic ring is 1. The van der Waals surface area contributed by atoms with Gasteiger partial charge in [-0.05, 0) is 18.2 Å². The smallest absolute Gasteiger partial charge is 0.256 e. The number of thiazole rings is 1. The molecule has 4 nitrogen and oxygen atoms in total. The summed E-state index contributed by atoms with van der Waals surface area (Å²) in [6.07, 6.45) is 0. The molecule has 94 valence electrons. The quantitative estimate of drug-likeness (QED) is 0.865. The van der Waals surface area contributed by atoms with E-state index in [1.54, 1.807) is 12.6 Å². The van der Waals surface area contributed by atoms with Gasteiger partial charge in [-0.2, -0.15) is 0 Å². The number of nitrogens with two attached hydrogens (primary N) is 1. The summed E-state index contributed by atoms with van der Waals surface area (Å²) in [5, 5.41) is 1.86. The highest BCUT2D eigenvalue weighted by atomic mass is 32.1. The summed E-state index contributed by atoms with van der Waals surface area (Å²) in [5.74, 6) is -0.797. The predicted molar refractivity (Wildman–Crippen MR) is 68.7 cm³/mol. The number of carbonyl (C=O) groups is 1. The number of carbonyl (C=O) groups excluding carboxylic acids is 1. The van der Waals surface area contributed by atoms with E-state index in [1.165, 1.54) is 28.4 Å². The van der Waals surface area contributed by atoms with Crippen LogP contribution >= 0.6 is 11.3 Å². The van der Waals surface area contributed by atoms with E-state index in [9.17, 15) is 9.18 Å². The van der Waals surface area contributed by atoms with E-state index in [2.05, 4.69) is 4.98 Å². The van der Waals surface area contributed by atoms with Gasteiger partial charge >= 0.3 is 0 Å². The van der Waals surface area contributed by atoms with Crippen molar-refractivity contribution in [3.8, 4) is 0 Å². The molecule has 18 heavy (non-hydrogen) atoms. The minimum atomic E-state index is -0.477. The Morgan fingerprint density at radius 3 is 3.00 bits per heavy atom. The molecule has 2 aromatic rings. The van der Waals surface area contributed by atoms with Crippen LogP contribution in [0, 0.1) is 5.82 Å². The maximum Gasteiger partial charge on any atom is 0.256 e. The lowest BCUT2D eigenvalue weighted by Crippen LogP contribution is -2.27. The van der Waals surface area contributed by atoms with Crippen LogP contribution in [-0.4, -0.2) is 22.8 Å². The first-order chi connectivity index (χ1) is 8.58. The van der Waals surface area contributed by atoms with E-state index in [-0.39, 0.29) is 17.2 Å². The summed E-state index contributed by atoms with van der Waals surface area (Å²) in [4.78, 5) is 17.6. The van der Waals surface area contributed by atoms with Gasteiger partial charge in [-0.1, -0.05) is 0 Å². The Morgan fingerprint density at radius 2 is 2.33 bits per heavy atom. The van der Waals surface area contributed by atoms with Gasteiger partial charge < -0.3 is 10.6 Å². The van der Waals surface area contributed by atoms with Gasteiger partial charge in [0, 0.05) is 18.1 Å². The largest absolute Gasteiger partial charge is 0.398 e. The SMILES string of the molecule is CN(Cc1cscn1)C(=O)c1cc(F)ccc1N. The topological polar surface area (TPSA) is 59.2 Å². The highest BCUT2D eigenvalue weighted by Gasteiger charge is 2.16. The van der Waals surface area contributed by atoms with Crippen LogP contribution in [0.4, 0.5) is 10.1 Å². The maximum atomic E-state index is 13.1. The molecule has 0 aliphatic carbocycles. The molecule has 0 atom stereocenters. The standard InChI is InChI=1S/C12H12FN3OS/c1-16(5-9-6-18-7-15-9)12(17)10-4-8(13)2-3-11(10)14/h2-4,6-7H,5,14H2,1H3. The Balaban J connectivity index is 2.17. The van der Waals surface area contributed by atoms with Crippen LogP contribution in [0.3, 0.4) is 0 Å². The fourth-order valence-corrected chi connectivity index (χ4v) is 2.10. The lowest BCUT2D eigenvalue weighted by Gasteiger charge is -2.17. The first-order valence-electron chi connectivity index (χ1n) is 5.25. The van der Waals surface area contributed by atoms with Crippen LogP contribution in [0.15, 0.2) is 29.1 Å². The molecule has 1 aromatic heterocycles. The molecular weight excluding hydrogens is 253 g/mol. The van der Waals surface area contributed by atoms with Crippen LogP contribution in [-0.2, 0) is 6.54 Å². The number of nitrogens with zero attached hydrogens (tertiary/aromatic N) is 2. The van der Waals surface area contributed by atoms with E-state index in [0.717, 1.165) is 11.8 Å². The van der Waals surface area contributed by atoms with Crippen molar-refractivity contribution in [1.82, 2.24) is 9.88 Å². The van der Waals surface area contributed by atoms with Crippen molar-refractivity contribution in [3.05, 3.63) is 46.2 Å². The molecule has 0 aliphatic rings. The summed E-state index contributed by atoms with van der Waals surface area (Å²) in [7, 11) is 1.63. The molecule has 2 rings (SSSR count). The van der Waals surface area contributed by atoms with Crippen molar-refractivity contribution in [3.63, 3.8) is 0 Å². The molecule has 0 fully saturated rings. The van der Waals surface area contributed by atoms with Crippen molar-refractivity contribution >= 4 is 22.9 Å². The summed E-state index contributed by atoms with van der Waals surface area (Å²) in [6.45, 7) is 0.373. The fraction of sp³-hybridized carbons (Fsp3) is 0.167. The summed E-state index contributed by atoms with van der Waals surface area (Å²) in [6, 6.07) is 3.76. The molecular formula is C12H12FN3OS. The lowest BCUT2D eigenvalue weighted by molar-refractivity contribution is 0.0784. The number of halogens is 1. The van der Waals surface area contributed by atoms with Crippen molar-refractivity contribution in [1.29, 1.82) is 0 Å². The zero-order chi connectivity index (χ0) is 13.1. The van der Waals surface area contributed by atoms with E-state index < -0.39 is 5.82 Å². The van der Waals surface area contributed by atoms with E-state index in [4.69, 9.17) is 5.73 Å². The van der Waals surface area contributed by atoms with Crippen molar-refractivity contribution in [2.75, 3.05) is 12.8 Å². The second kappa shape index (κ2) is 5.14. The second-order valence-corrected chi connectivity index (χ2v) is 4.59. The molecule has 0 spiro atoms. The highest BCUT2D eigenvalue weighted by molar-refractivity contribution is 7.07. The average Bonchev–Trinajstić information content (AvgIpc) is 2.84. The third kappa shape index (κ3) is 2.65. The fourth-order valence-electron chi connectivity index (χ4n) is 1.55. The molecule has 1 aromatic carbocycles. The van der Waals surface area contributed by atoms with Gasteiger partial charge in [0.2, 0.25) is 0 Å². The van der Waals surface area contributed by atoms with Gasteiger partial charge in [0.25, 0.3) is 5.91 Å². The molecule has 0 unspecified atom stereocenters. The lowest BCUT2D eigenvalue weighted by atomic mass is 10.1. The minimum Gasteiger partial charge on any atom is -0.398 e. The number of rotatable bonds is 3. The summed E-state index contributed by atoms with van der Waals surface area (Å²) in [5.41, 5.74) is 8.61. The molecule has 0 saturated carbocycles. The molecule has 6 heteroatoms. The number of aromatic nitrogens is 1. The third-order valence-corrected chi connectivity index (χ3v) is 3.11. The Morgan fingerprint density at radius 1 is 1.56 bits per heavy atom. The van der Waals surface area contributed by atoms with E-state index in [0.29, 0.717) is 6.54 Å². The number of hydrogen-bond acceptors (Lipinski definition) is 4. The molecule has 0 bridgehead atoms. The maximum absolute atomic E-state index is 13.1. The summed E-state index contributed by atoms with van der Waals surface area (Å²) < 4.78 is 13.1. The van der Waals surface area contributed by atoms with Crippen LogP contribution in [0.5, 0.6) is 0 Å². The Labute approximate surface area is 108 Å². The van der Waals surface area contributed by atoms with E-state index >= 15 is 0 Å². The second-order valence-electron chi connectivity index (χ2n) is 3.87. The van der Waals surface area contributed by atoms with Crippen LogP contribution < -0.4 is 5.73 Å². The van der Waals surface area contributed by atoms with Crippen LogP contribution in [0.2, 0.25) is 0 Å². The Kier molecular flexibility index (Phi) is 3.57. The van der Waals surface area contributed by atoms with Gasteiger partial charge in [-0.15, -0.1) is 11.3 Å². The molecule has 0 radical (unpaired) electrons. The first-order valence-corrected chi connectivity index (χ1v) is 6.20. The van der Waals surface area contributed by atoms with Gasteiger partial charge in [0.05, 0.1) is 23.3 Å². The number of amides is 1. The Bertz CT molecular complexity index is 556. The first kappa shape index (κ1) is 12.5. The number of anilines is 1. The Hall–Kier alpha value is -1.95. The zero-order valence-electron chi connectivity index (χ0n) is 9.76. The van der Waals surface area contributed by atoms with Crippen LogP contribution in [0.1, 0.15) is 16.1 Å². The van der Waals surface area contributed by atoms with Crippen molar-refractivity contribution in [2.45, 2.75) is 6.54 Å².